The van der Waals surface area contributed by atoms with Gasteiger partial charge in [-0.3, -0.25) is 0 Å². The molecule has 0 aliphatic heterocycles. The van der Waals surface area contributed by atoms with E-state index in [1.165, 1.54) is 6.42 Å². The van der Waals surface area contributed by atoms with E-state index in [4.69, 9.17) is 0 Å². The molecule has 3 atom stereocenters. The summed E-state index contributed by atoms with van der Waals surface area (Å²) in [6, 6.07) is 9.58. The van der Waals surface area contributed by atoms with Gasteiger partial charge in [-0.1, -0.05) is 38.0 Å². The predicted molar refractivity (Wildman–Crippen MR) is 85.9 cm³/mol. The van der Waals surface area contributed by atoms with Crippen LogP contribution in [0.2, 0.25) is 0 Å². The summed E-state index contributed by atoms with van der Waals surface area (Å²) in [5.41, 5.74) is 1.42. The normalized spacial score (nSPS) is 24.0. The maximum absolute atomic E-state index is 12.4. The lowest BCUT2D eigenvalue weighted by atomic mass is 9.70. The highest BCUT2D eigenvalue weighted by Gasteiger charge is 2.35. The molecule has 1 aromatic rings. The molecule has 0 saturated heterocycles. The highest BCUT2D eigenvalue weighted by atomic mass is 32.2. The summed E-state index contributed by atoms with van der Waals surface area (Å²) in [4.78, 5) is 0.732. The molecule has 1 aliphatic rings. The van der Waals surface area contributed by atoms with E-state index in [1.807, 2.05) is 31.2 Å². The van der Waals surface area contributed by atoms with Crippen molar-refractivity contribution in [3.8, 4) is 6.07 Å². The van der Waals surface area contributed by atoms with Crippen LogP contribution in [0.4, 0.5) is 0 Å². The Bertz CT molecular complexity index is 507. The molecule has 0 spiro atoms. The lowest BCUT2D eigenvalue weighted by molar-refractivity contribution is 0.168. The Morgan fingerprint density at radius 2 is 2.05 bits per heavy atom. The van der Waals surface area contributed by atoms with Gasteiger partial charge in [-0.05, 0) is 49.7 Å². The second-order valence-corrected chi connectivity index (χ2v) is 8.07. The third kappa shape index (κ3) is 4.47. The molecule has 0 unspecified atom stereocenters. The zero-order chi connectivity index (χ0) is 15.5. The third-order valence-corrected chi connectivity index (χ3v) is 5.49. The molecule has 21 heavy (non-hydrogen) atoms. The number of nitrogens with one attached hydrogen (secondary N) is 1. The molecular weight excluding hydrogens is 280 g/mol. The number of rotatable bonds is 4. The number of benzene rings is 1. The Labute approximate surface area is 131 Å². The summed E-state index contributed by atoms with van der Waals surface area (Å²) < 4.78 is 15.4. The van der Waals surface area contributed by atoms with Crippen molar-refractivity contribution < 1.29 is 4.55 Å². The van der Waals surface area contributed by atoms with Crippen molar-refractivity contribution in [2.75, 3.05) is 0 Å². The molecule has 3 nitrogen and oxygen atoms in total. The van der Waals surface area contributed by atoms with Gasteiger partial charge >= 0.3 is 0 Å². The van der Waals surface area contributed by atoms with Gasteiger partial charge in [0.15, 0.2) is 4.90 Å². The molecule has 1 aliphatic carbocycles. The quantitative estimate of drug-likeness (QED) is 0.863. The van der Waals surface area contributed by atoms with Gasteiger partial charge in [0.1, 0.15) is 6.04 Å². The zero-order valence-electron chi connectivity index (χ0n) is 13.1. The number of hydrogen-bond acceptors (Lipinski definition) is 3. The van der Waals surface area contributed by atoms with Crippen LogP contribution >= 0.6 is 0 Å². The Kier molecular flexibility index (Phi) is 5.32. The predicted octanol–water partition coefficient (Wildman–Crippen LogP) is 3.72. The second kappa shape index (κ2) is 6.83. The summed E-state index contributed by atoms with van der Waals surface area (Å²) in [5, 5.41) is 9.44. The van der Waals surface area contributed by atoms with Crippen LogP contribution < -0.4 is 4.72 Å². The molecule has 1 N–H and O–H groups in total. The number of nitriles is 1. The Hall–Kier alpha value is -1.02. The lowest BCUT2D eigenvalue weighted by Gasteiger charge is -2.36. The fourth-order valence-electron chi connectivity index (χ4n) is 3.11. The SMILES string of the molecule is Cc1ccc([S@+]([O-])N[C@H](C#N)[C@H]2CCCC(C)(C)C2)cc1. The van der Waals surface area contributed by atoms with Gasteiger partial charge in [-0.25, -0.2) is 0 Å². The minimum atomic E-state index is -1.32. The molecule has 0 aromatic heterocycles. The summed E-state index contributed by atoms with van der Waals surface area (Å²) in [6.07, 6.45) is 4.42. The van der Waals surface area contributed by atoms with E-state index < -0.39 is 11.4 Å². The van der Waals surface area contributed by atoms with E-state index in [-0.39, 0.29) is 17.4 Å². The van der Waals surface area contributed by atoms with Gasteiger partial charge in [0.05, 0.1) is 17.4 Å². The van der Waals surface area contributed by atoms with Crippen LogP contribution in [-0.2, 0) is 11.4 Å². The first-order valence-electron chi connectivity index (χ1n) is 7.55. The first kappa shape index (κ1) is 16.4. The van der Waals surface area contributed by atoms with E-state index in [0.717, 1.165) is 29.7 Å². The molecular formula is C17H24N2OS. The zero-order valence-corrected chi connectivity index (χ0v) is 13.9. The van der Waals surface area contributed by atoms with Crippen LogP contribution in [-0.4, -0.2) is 10.6 Å². The van der Waals surface area contributed by atoms with E-state index in [1.54, 1.807) is 0 Å². The molecule has 4 heteroatoms. The van der Waals surface area contributed by atoms with E-state index >= 15 is 0 Å². The van der Waals surface area contributed by atoms with Crippen molar-refractivity contribution in [2.45, 2.75) is 57.4 Å². The van der Waals surface area contributed by atoms with Crippen LogP contribution in [0, 0.1) is 29.6 Å². The van der Waals surface area contributed by atoms with Crippen molar-refractivity contribution in [2.24, 2.45) is 11.3 Å². The number of nitrogens with zero attached hydrogens (tertiary/aromatic N) is 1. The van der Waals surface area contributed by atoms with Gasteiger partial charge in [0.2, 0.25) is 0 Å². The van der Waals surface area contributed by atoms with E-state index in [9.17, 15) is 9.81 Å². The smallest absolute Gasteiger partial charge is 0.173 e. The van der Waals surface area contributed by atoms with Crippen LogP contribution in [0.25, 0.3) is 0 Å². The fraction of sp³-hybridized carbons (Fsp3) is 0.588. The highest BCUT2D eigenvalue weighted by molar-refractivity contribution is 7.89. The fourth-order valence-corrected chi connectivity index (χ4v) is 4.11. The van der Waals surface area contributed by atoms with Crippen LogP contribution in [0.3, 0.4) is 0 Å². The van der Waals surface area contributed by atoms with Crippen molar-refractivity contribution in [1.29, 1.82) is 5.26 Å². The molecule has 1 saturated carbocycles. The van der Waals surface area contributed by atoms with Gasteiger partial charge in [-0.15, -0.1) is 4.72 Å². The third-order valence-electron chi connectivity index (χ3n) is 4.32. The topological polar surface area (TPSA) is 58.9 Å². The van der Waals surface area contributed by atoms with Crippen molar-refractivity contribution in [3.05, 3.63) is 29.8 Å². The minimum Gasteiger partial charge on any atom is -0.593 e. The van der Waals surface area contributed by atoms with E-state index in [0.29, 0.717) is 0 Å². The van der Waals surface area contributed by atoms with Crippen molar-refractivity contribution in [3.63, 3.8) is 0 Å². The maximum Gasteiger partial charge on any atom is 0.173 e. The van der Waals surface area contributed by atoms with Gasteiger partial charge < -0.3 is 4.55 Å². The van der Waals surface area contributed by atoms with Gasteiger partial charge in [0, 0.05) is 0 Å². The highest BCUT2D eigenvalue weighted by Crippen LogP contribution is 2.40. The van der Waals surface area contributed by atoms with Gasteiger partial charge in [0.25, 0.3) is 0 Å². The largest absolute Gasteiger partial charge is 0.593 e. The molecule has 2 rings (SSSR count). The lowest BCUT2D eigenvalue weighted by Crippen LogP contribution is -2.42. The molecule has 114 valence electrons. The first-order chi connectivity index (χ1) is 9.91. The van der Waals surface area contributed by atoms with Crippen LogP contribution in [0.1, 0.15) is 45.1 Å². The number of aryl methyl sites for hydroxylation is 1. The van der Waals surface area contributed by atoms with Crippen molar-refractivity contribution >= 4 is 11.4 Å². The van der Waals surface area contributed by atoms with Gasteiger partial charge in [-0.2, -0.15) is 5.26 Å². The van der Waals surface area contributed by atoms with Crippen LogP contribution in [0.15, 0.2) is 29.2 Å². The molecule has 0 heterocycles. The average molecular weight is 304 g/mol. The molecule has 1 fully saturated rings. The maximum atomic E-state index is 12.4. The summed E-state index contributed by atoms with van der Waals surface area (Å²) in [5.74, 6) is 0.285. The van der Waals surface area contributed by atoms with Crippen molar-refractivity contribution in [1.82, 2.24) is 4.72 Å². The Morgan fingerprint density at radius 1 is 1.38 bits per heavy atom. The second-order valence-electron chi connectivity index (χ2n) is 6.83. The first-order valence-corrected chi connectivity index (χ1v) is 8.70. The minimum absolute atomic E-state index is 0.283. The molecule has 0 amide bonds. The standard InChI is InChI=1S/C17H24N2OS/c1-13-6-8-15(9-7-13)21(20)19-16(12-18)14-5-4-10-17(2,3)11-14/h6-9,14,16,19H,4-5,10-11H2,1-3H3/t14-,16+,21-/m0/s1. The summed E-state index contributed by atoms with van der Waals surface area (Å²) in [6.45, 7) is 6.51. The Balaban J connectivity index is 2.02. The summed E-state index contributed by atoms with van der Waals surface area (Å²) in [7, 11) is 0. The van der Waals surface area contributed by atoms with E-state index in [2.05, 4.69) is 24.6 Å². The molecule has 0 radical (unpaired) electrons. The number of hydrogen-bond donors (Lipinski definition) is 1. The molecule has 0 bridgehead atoms. The average Bonchev–Trinajstić information content (AvgIpc) is 2.44. The Morgan fingerprint density at radius 3 is 2.62 bits per heavy atom. The summed E-state index contributed by atoms with van der Waals surface area (Å²) >= 11 is -1.32. The monoisotopic (exact) mass is 304 g/mol. The van der Waals surface area contributed by atoms with Crippen LogP contribution in [0.5, 0.6) is 0 Å². The molecule has 1 aromatic carbocycles.